The first-order chi connectivity index (χ1) is 8.50. The molecule has 4 nitrogen and oxygen atoms in total. The Hall–Kier alpha value is -0.170. The average molecular weight is 364 g/mol. The van der Waals surface area contributed by atoms with Crippen molar-refractivity contribution < 1.29 is 9.59 Å². The molecule has 0 aromatic carbocycles. The minimum Gasteiger partial charge on any atom is -0.337 e. The van der Waals surface area contributed by atoms with E-state index in [2.05, 4.69) is 34.5 Å². The summed E-state index contributed by atoms with van der Waals surface area (Å²) in [6.07, 6.45) is 2.92. The number of carbonyl (C=O) groups excluding carboxylic acids is 2. The zero-order valence-electron chi connectivity index (χ0n) is 11.1. The first-order valence-corrected chi connectivity index (χ1v) is 7.89. The molecule has 1 unspecified atom stereocenters. The van der Waals surface area contributed by atoms with Crippen molar-refractivity contribution in [3.05, 3.63) is 0 Å². The number of hydrogen-bond donors (Lipinski definition) is 0. The number of amides is 1. The molecule has 2 fully saturated rings. The van der Waals surface area contributed by atoms with E-state index in [0.717, 1.165) is 38.9 Å². The summed E-state index contributed by atoms with van der Waals surface area (Å²) in [7, 11) is 2.07. The largest absolute Gasteiger partial charge is 0.337 e. The van der Waals surface area contributed by atoms with Crippen LogP contribution in [0.15, 0.2) is 0 Å². The van der Waals surface area contributed by atoms with E-state index in [9.17, 15) is 9.59 Å². The zero-order valence-corrected chi connectivity index (χ0v) is 13.2. The van der Waals surface area contributed by atoms with Gasteiger partial charge >= 0.3 is 0 Å². The van der Waals surface area contributed by atoms with Gasteiger partial charge < -0.3 is 9.80 Å². The topological polar surface area (TPSA) is 40.6 Å². The summed E-state index contributed by atoms with van der Waals surface area (Å²) < 4.78 is 0.0937. The van der Waals surface area contributed by atoms with Crippen LogP contribution in [-0.2, 0) is 9.59 Å². The standard InChI is InChI=1S/C13H21IN2O2/c1-9(17)10-5-7-15(2)8-12(10)16-6-3-4-11(14)13(16)18/h10-12H,3-8H2,1-2H3/t10-,11?,12+/m1/s1. The molecule has 2 heterocycles. The number of nitrogens with zero attached hydrogens (tertiary/aromatic N) is 2. The van der Waals surface area contributed by atoms with E-state index in [1.807, 2.05) is 4.90 Å². The van der Waals surface area contributed by atoms with E-state index in [0.29, 0.717) is 0 Å². The minimum absolute atomic E-state index is 0.0341. The van der Waals surface area contributed by atoms with Gasteiger partial charge in [0.15, 0.2) is 0 Å². The molecule has 5 heteroatoms. The lowest BCUT2D eigenvalue weighted by Gasteiger charge is -2.44. The Balaban J connectivity index is 2.16. The Morgan fingerprint density at radius 3 is 2.72 bits per heavy atom. The highest BCUT2D eigenvalue weighted by Crippen LogP contribution is 2.28. The first kappa shape index (κ1) is 14.2. The Morgan fingerprint density at radius 1 is 1.33 bits per heavy atom. The van der Waals surface area contributed by atoms with E-state index in [-0.39, 0.29) is 27.6 Å². The summed E-state index contributed by atoms with van der Waals surface area (Å²) in [5.74, 6) is 0.497. The van der Waals surface area contributed by atoms with Gasteiger partial charge in [-0.25, -0.2) is 0 Å². The number of carbonyl (C=O) groups is 2. The maximum atomic E-state index is 12.3. The molecule has 0 bridgehead atoms. The van der Waals surface area contributed by atoms with Crippen LogP contribution >= 0.6 is 22.6 Å². The molecular weight excluding hydrogens is 343 g/mol. The lowest BCUT2D eigenvalue weighted by atomic mass is 9.86. The van der Waals surface area contributed by atoms with Crippen LogP contribution in [0.5, 0.6) is 0 Å². The molecule has 0 radical (unpaired) electrons. The fourth-order valence-electron chi connectivity index (χ4n) is 3.06. The highest BCUT2D eigenvalue weighted by molar-refractivity contribution is 14.1. The number of piperidine rings is 2. The molecule has 2 saturated heterocycles. The number of likely N-dealkylation sites (N-methyl/N-ethyl adjacent to an activating group) is 1. The van der Waals surface area contributed by atoms with Crippen LogP contribution in [0.2, 0.25) is 0 Å². The molecule has 3 atom stereocenters. The number of halogens is 1. The van der Waals surface area contributed by atoms with Crippen LogP contribution in [0.25, 0.3) is 0 Å². The van der Waals surface area contributed by atoms with Gasteiger partial charge in [0, 0.05) is 19.0 Å². The van der Waals surface area contributed by atoms with Crippen molar-refractivity contribution in [2.45, 2.75) is 36.2 Å². The number of ketones is 1. The quantitative estimate of drug-likeness (QED) is 0.548. The van der Waals surface area contributed by atoms with Crippen molar-refractivity contribution in [1.29, 1.82) is 0 Å². The summed E-state index contributed by atoms with van der Waals surface area (Å²) in [4.78, 5) is 28.3. The van der Waals surface area contributed by atoms with Crippen LogP contribution in [0.4, 0.5) is 0 Å². The SMILES string of the molecule is CC(=O)[C@H]1CCN(C)C[C@@H]1N1CCCC(I)C1=O. The molecule has 0 N–H and O–H groups in total. The third kappa shape index (κ3) is 2.87. The van der Waals surface area contributed by atoms with Gasteiger partial charge in [0.2, 0.25) is 5.91 Å². The van der Waals surface area contributed by atoms with Crippen LogP contribution in [-0.4, -0.2) is 58.1 Å². The molecule has 0 aromatic rings. The van der Waals surface area contributed by atoms with E-state index in [1.165, 1.54) is 0 Å². The molecule has 0 aromatic heterocycles. The van der Waals surface area contributed by atoms with Crippen LogP contribution < -0.4 is 0 Å². The summed E-state index contributed by atoms with van der Waals surface area (Å²) >= 11 is 2.23. The predicted octanol–water partition coefficient (Wildman–Crippen LogP) is 1.32. The van der Waals surface area contributed by atoms with E-state index < -0.39 is 0 Å². The zero-order chi connectivity index (χ0) is 13.3. The summed E-state index contributed by atoms with van der Waals surface area (Å²) in [5.41, 5.74) is 0. The molecule has 0 aliphatic carbocycles. The normalized spacial score (nSPS) is 34.7. The van der Waals surface area contributed by atoms with Crippen molar-refractivity contribution in [1.82, 2.24) is 9.80 Å². The molecule has 0 saturated carbocycles. The van der Waals surface area contributed by atoms with Gasteiger partial charge in [0.1, 0.15) is 5.78 Å². The lowest BCUT2D eigenvalue weighted by Crippen LogP contribution is -2.58. The smallest absolute Gasteiger partial charge is 0.235 e. The number of hydrogen-bond acceptors (Lipinski definition) is 3. The monoisotopic (exact) mass is 364 g/mol. The number of alkyl halides is 1. The van der Waals surface area contributed by atoms with Crippen LogP contribution in [0.1, 0.15) is 26.2 Å². The van der Waals surface area contributed by atoms with Crippen molar-refractivity contribution in [2.75, 3.05) is 26.7 Å². The molecule has 2 aliphatic rings. The maximum Gasteiger partial charge on any atom is 0.235 e. The van der Waals surface area contributed by atoms with Crippen LogP contribution in [0, 0.1) is 5.92 Å². The highest BCUT2D eigenvalue weighted by Gasteiger charge is 2.39. The molecule has 2 rings (SSSR count). The summed E-state index contributed by atoms with van der Waals surface area (Å²) in [5, 5.41) is 0. The van der Waals surface area contributed by atoms with E-state index in [4.69, 9.17) is 0 Å². The molecule has 102 valence electrons. The number of Topliss-reactive ketones (excluding diaryl/α,β-unsaturated/α-hetero) is 1. The van der Waals surface area contributed by atoms with Gasteiger partial charge in [-0.2, -0.15) is 0 Å². The Kier molecular flexibility index (Phi) is 4.64. The average Bonchev–Trinajstić information content (AvgIpc) is 2.32. The van der Waals surface area contributed by atoms with Gasteiger partial charge in [0.25, 0.3) is 0 Å². The van der Waals surface area contributed by atoms with Crippen molar-refractivity contribution >= 4 is 34.3 Å². The maximum absolute atomic E-state index is 12.3. The summed E-state index contributed by atoms with van der Waals surface area (Å²) in [6, 6.07) is 0.0892. The Labute approximate surface area is 122 Å². The summed E-state index contributed by atoms with van der Waals surface area (Å²) in [6.45, 7) is 4.27. The second-order valence-electron chi connectivity index (χ2n) is 5.48. The third-order valence-electron chi connectivity index (χ3n) is 4.12. The fourth-order valence-corrected chi connectivity index (χ4v) is 3.86. The predicted molar refractivity (Wildman–Crippen MR) is 78.8 cm³/mol. The van der Waals surface area contributed by atoms with Crippen molar-refractivity contribution in [3.63, 3.8) is 0 Å². The minimum atomic E-state index is 0.0341. The molecule has 1 amide bonds. The Bertz CT molecular complexity index is 348. The third-order valence-corrected chi connectivity index (χ3v) is 5.27. The molecule has 2 aliphatic heterocycles. The second-order valence-corrected chi connectivity index (χ2v) is 6.98. The van der Waals surface area contributed by atoms with Gasteiger partial charge in [-0.05, 0) is 39.8 Å². The van der Waals surface area contributed by atoms with Gasteiger partial charge in [-0.15, -0.1) is 0 Å². The molecule has 0 spiro atoms. The Morgan fingerprint density at radius 2 is 2.06 bits per heavy atom. The molecular formula is C13H21IN2O2. The van der Waals surface area contributed by atoms with E-state index >= 15 is 0 Å². The second kappa shape index (κ2) is 5.86. The highest BCUT2D eigenvalue weighted by atomic mass is 127. The van der Waals surface area contributed by atoms with Gasteiger partial charge in [0.05, 0.1) is 9.97 Å². The number of likely N-dealkylation sites (tertiary alicyclic amines) is 2. The van der Waals surface area contributed by atoms with Crippen molar-refractivity contribution in [3.8, 4) is 0 Å². The first-order valence-electron chi connectivity index (χ1n) is 6.64. The fraction of sp³-hybridized carbons (Fsp3) is 0.846. The number of rotatable bonds is 2. The van der Waals surface area contributed by atoms with E-state index in [1.54, 1.807) is 6.92 Å². The van der Waals surface area contributed by atoms with Crippen LogP contribution in [0.3, 0.4) is 0 Å². The van der Waals surface area contributed by atoms with Gasteiger partial charge in [-0.1, -0.05) is 22.6 Å². The van der Waals surface area contributed by atoms with Crippen molar-refractivity contribution in [2.24, 2.45) is 5.92 Å². The lowest BCUT2D eigenvalue weighted by molar-refractivity contribution is -0.139. The molecule has 18 heavy (non-hydrogen) atoms. The van der Waals surface area contributed by atoms with Gasteiger partial charge in [-0.3, -0.25) is 9.59 Å².